The van der Waals surface area contributed by atoms with Crippen LogP contribution in [0.3, 0.4) is 0 Å². The van der Waals surface area contributed by atoms with Crippen molar-refractivity contribution in [3.63, 3.8) is 0 Å². The average molecular weight is 399 g/mol. The summed E-state index contributed by atoms with van der Waals surface area (Å²) in [7, 11) is 1.63. The molecule has 2 rings (SSSR count). The van der Waals surface area contributed by atoms with Crippen molar-refractivity contribution in [2.45, 2.75) is 20.0 Å². The Labute approximate surface area is 162 Å². The molecule has 0 saturated heterocycles. The van der Waals surface area contributed by atoms with E-state index in [4.69, 9.17) is 25.8 Å². The first kappa shape index (κ1) is 20.6. The molecule has 26 heavy (non-hydrogen) atoms. The molecule has 0 radical (unpaired) electrons. The Kier molecular flexibility index (Phi) is 8.84. The molecule has 1 aromatic heterocycles. The summed E-state index contributed by atoms with van der Waals surface area (Å²) in [4.78, 5) is 17.3. The lowest BCUT2D eigenvalue weighted by Crippen LogP contribution is -2.25. The third-order valence-electron chi connectivity index (χ3n) is 3.41. The molecule has 1 amide bonds. The number of amides is 1. The maximum Gasteiger partial charge on any atom is 0.263 e. The molecule has 0 spiro atoms. The Morgan fingerprint density at radius 3 is 2.73 bits per heavy atom. The van der Waals surface area contributed by atoms with E-state index in [2.05, 4.69) is 10.3 Å². The summed E-state index contributed by atoms with van der Waals surface area (Å²) in [5, 5.41) is 4.30. The van der Waals surface area contributed by atoms with Crippen molar-refractivity contribution in [2.75, 3.05) is 33.5 Å². The minimum atomic E-state index is -0.116. The molecular formula is C18H23ClN2O4S. The second-order valence-electron chi connectivity index (χ2n) is 5.48. The number of aryl methyl sites for hydroxylation is 1. The van der Waals surface area contributed by atoms with E-state index in [1.807, 2.05) is 6.92 Å². The van der Waals surface area contributed by atoms with Crippen LogP contribution in [0.15, 0.2) is 24.3 Å². The van der Waals surface area contributed by atoms with Crippen LogP contribution < -0.4 is 10.1 Å². The second-order valence-corrected chi connectivity index (χ2v) is 7.00. The highest BCUT2D eigenvalue weighted by atomic mass is 35.5. The Hall–Kier alpha value is -1.67. The van der Waals surface area contributed by atoms with Gasteiger partial charge in [-0.05, 0) is 37.6 Å². The summed E-state index contributed by atoms with van der Waals surface area (Å²) in [6, 6.07) is 7.12. The van der Waals surface area contributed by atoms with Crippen molar-refractivity contribution < 1.29 is 19.0 Å². The molecule has 142 valence electrons. The molecule has 0 atom stereocenters. The fraction of sp³-hybridized carbons (Fsp3) is 0.444. The molecule has 0 aliphatic heterocycles. The van der Waals surface area contributed by atoms with E-state index in [9.17, 15) is 4.79 Å². The highest BCUT2D eigenvalue weighted by molar-refractivity contribution is 7.13. The van der Waals surface area contributed by atoms with Crippen molar-refractivity contribution in [3.05, 3.63) is 44.9 Å². The number of ether oxygens (including phenoxy) is 3. The Balaban J connectivity index is 1.75. The third-order valence-corrected chi connectivity index (χ3v) is 4.79. The van der Waals surface area contributed by atoms with Crippen LogP contribution in [-0.2, 0) is 16.1 Å². The van der Waals surface area contributed by atoms with E-state index in [1.54, 1.807) is 31.4 Å². The van der Waals surface area contributed by atoms with Gasteiger partial charge in [0.05, 0.1) is 18.9 Å². The van der Waals surface area contributed by atoms with Gasteiger partial charge in [-0.1, -0.05) is 11.6 Å². The lowest BCUT2D eigenvalue weighted by atomic mass is 10.3. The van der Waals surface area contributed by atoms with Gasteiger partial charge in [-0.3, -0.25) is 4.79 Å². The van der Waals surface area contributed by atoms with Gasteiger partial charge in [0, 0.05) is 25.3 Å². The fourth-order valence-electron chi connectivity index (χ4n) is 2.10. The molecule has 1 heterocycles. The number of aromatic nitrogens is 1. The highest BCUT2D eigenvalue weighted by Gasteiger charge is 2.15. The van der Waals surface area contributed by atoms with Crippen molar-refractivity contribution >= 4 is 28.8 Å². The summed E-state index contributed by atoms with van der Waals surface area (Å²) < 4.78 is 15.9. The third kappa shape index (κ3) is 6.92. The summed E-state index contributed by atoms with van der Waals surface area (Å²) in [5.41, 5.74) is 0.707. The first-order valence-electron chi connectivity index (χ1n) is 8.29. The average Bonchev–Trinajstić information content (AvgIpc) is 3.01. The highest BCUT2D eigenvalue weighted by Crippen LogP contribution is 2.21. The molecule has 0 unspecified atom stereocenters. The van der Waals surface area contributed by atoms with Crippen LogP contribution in [0.1, 0.15) is 26.8 Å². The molecule has 0 bridgehead atoms. The van der Waals surface area contributed by atoms with Gasteiger partial charge < -0.3 is 19.5 Å². The van der Waals surface area contributed by atoms with Gasteiger partial charge in [0.25, 0.3) is 5.91 Å². The van der Waals surface area contributed by atoms with Crippen molar-refractivity contribution in [2.24, 2.45) is 0 Å². The van der Waals surface area contributed by atoms with Crippen molar-refractivity contribution in [1.82, 2.24) is 10.3 Å². The minimum Gasteiger partial charge on any atom is -0.486 e. The molecular weight excluding hydrogens is 376 g/mol. The van der Waals surface area contributed by atoms with Gasteiger partial charge in [-0.15, -0.1) is 11.3 Å². The number of carbonyl (C=O) groups is 1. The van der Waals surface area contributed by atoms with Gasteiger partial charge in [-0.2, -0.15) is 0 Å². The van der Waals surface area contributed by atoms with Crippen LogP contribution in [0.5, 0.6) is 5.75 Å². The number of rotatable bonds is 11. The molecule has 0 aliphatic carbocycles. The minimum absolute atomic E-state index is 0.116. The molecule has 0 saturated carbocycles. The summed E-state index contributed by atoms with van der Waals surface area (Å²) >= 11 is 7.19. The van der Waals surface area contributed by atoms with Gasteiger partial charge in [0.1, 0.15) is 22.2 Å². The number of nitrogens with one attached hydrogen (secondary N) is 1. The number of halogens is 1. The lowest BCUT2D eigenvalue weighted by Gasteiger charge is -2.05. The Bertz CT molecular complexity index is 691. The van der Waals surface area contributed by atoms with E-state index in [0.717, 1.165) is 11.4 Å². The number of nitrogens with zero attached hydrogens (tertiary/aromatic N) is 1. The smallest absolute Gasteiger partial charge is 0.263 e. The number of hydrogen-bond acceptors (Lipinski definition) is 6. The Morgan fingerprint density at radius 2 is 2.00 bits per heavy atom. The quantitative estimate of drug-likeness (QED) is 0.587. The summed E-state index contributed by atoms with van der Waals surface area (Å²) in [6.07, 6.45) is 0.750. The molecule has 1 aromatic carbocycles. The zero-order chi connectivity index (χ0) is 18.8. The normalized spacial score (nSPS) is 10.7. The van der Waals surface area contributed by atoms with Crippen LogP contribution in [0.4, 0.5) is 0 Å². The van der Waals surface area contributed by atoms with E-state index in [-0.39, 0.29) is 5.91 Å². The zero-order valence-corrected chi connectivity index (χ0v) is 16.5. The fourth-order valence-corrected chi connectivity index (χ4v) is 3.12. The number of benzene rings is 1. The van der Waals surface area contributed by atoms with Crippen LogP contribution >= 0.6 is 22.9 Å². The topological polar surface area (TPSA) is 69.7 Å². The maximum atomic E-state index is 12.3. The second kappa shape index (κ2) is 11.1. The molecule has 0 aliphatic rings. The lowest BCUT2D eigenvalue weighted by molar-refractivity contribution is 0.0688. The zero-order valence-electron chi connectivity index (χ0n) is 14.9. The Morgan fingerprint density at radius 1 is 1.23 bits per heavy atom. The largest absolute Gasteiger partial charge is 0.486 e. The summed E-state index contributed by atoms with van der Waals surface area (Å²) in [6.45, 7) is 4.42. The first-order chi connectivity index (χ1) is 12.6. The molecule has 8 heteroatoms. The van der Waals surface area contributed by atoms with Gasteiger partial charge in [0.15, 0.2) is 0 Å². The monoisotopic (exact) mass is 398 g/mol. The van der Waals surface area contributed by atoms with E-state index < -0.39 is 0 Å². The van der Waals surface area contributed by atoms with E-state index in [0.29, 0.717) is 54.3 Å². The maximum absolute atomic E-state index is 12.3. The predicted molar refractivity (Wildman–Crippen MR) is 102 cm³/mol. The molecule has 1 N–H and O–H groups in total. The SMILES string of the molecule is COCCOCCCNC(=O)c1sc(COc2ccc(Cl)cc2)nc1C. The van der Waals surface area contributed by atoms with E-state index >= 15 is 0 Å². The van der Waals surface area contributed by atoms with Crippen molar-refractivity contribution in [3.8, 4) is 5.75 Å². The van der Waals surface area contributed by atoms with Crippen LogP contribution in [0.25, 0.3) is 0 Å². The number of thiazole rings is 1. The molecule has 2 aromatic rings. The molecule has 6 nitrogen and oxygen atoms in total. The molecule has 0 fully saturated rings. The first-order valence-corrected chi connectivity index (χ1v) is 9.49. The van der Waals surface area contributed by atoms with Gasteiger partial charge in [-0.25, -0.2) is 4.98 Å². The van der Waals surface area contributed by atoms with Gasteiger partial charge in [0.2, 0.25) is 0 Å². The number of carbonyl (C=O) groups excluding carboxylic acids is 1. The number of hydrogen-bond donors (Lipinski definition) is 1. The van der Waals surface area contributed by atoms with Crippen LogP contribution in [-0.4, -0.2) is 44.4 Å². The standard InChI is InChI=1S/C18H23ClN2O4S/c1-13-17(18(22)20-8-3-9-24-11-10-23-2)26-16(21-13)12-25-15-6-4-14(19)5-7-15/h4-7H,3,8-12H2,1-2H3,(H,20,22). The number of methoxy groups -OCH3 is 1. The van der Waals surface area contributed by atoms with Crippen LogP contribution in [0, 0.1) is 6.92 Å². The summed E-state index contributed by atoms with van der Waals surface area (Å²) in [5.74, 6) is 0.594. The predicted octanol–water partition coefficient (Wildman–Crippen LogP) is 3.47. The van der Waals surface area contributed by atoms with E-state index in [1.165, 1.54) is 11.3 Å². The van der Waals surface area contributed by atoms with Crippen LogP contribution in [0.2, 0.25) is 5.02 Å². The van der Waals surface area contributed by atoms with Crippen molar-refractivity contribution in [1.29, 1.82) is 0 Å². The van der Waals surface area contributed by atoms with Gasteiger partial charge >= 0.3 is 0 Å².